The van der Waals surface area contributed by atoms with Crippen LogP contribution >= 0.6 is 0 Å². The fraction of sp³-hybridized carbons (Fsp3) is 0.600. The maximum absolute atomic E-state index is 5.83. The van der Waals surface area contributed by atoms with Gasteiger partial charge in [-0.2, -0.15) is 0 Å². The van der Waals surface area contributed by atoms with E-state index in [1.807, 2.05) is 0 Å². The molecule has 2 nitrogen and oxygen atoms in total. The topological polar surface area (TPSA) is 35.2 Å². The summed E-state index contributed by atoms with van der Waals surface area (Å²) >= 11 is 0. The number of nitrogens with two attached hydrogens (primary N) is 1. The second-order valence-corrected chi connectivity index (χ2v) is 5.53. The van der Waals surface area contributed by atoms with E-state index in [0.717, 1.165) is 30.9 Å². The van der Waals surface area contributed by atoms with Gasteiger partial charge in [-0.15, -0.1) is 0 Å². The van der Waals surface area contributed by atoms with Crippen molar-refractivity contribution in [1.29, 1.82) is 0 Å². The minimum absolute atomic E-state index is 0.431. The zero-order chi connectivity index (χ0) is 12.4. The van der Waals surface area contributed by atoms with E-state index >= 15 is 0 Å². The molecular formula is C15H23NO. The zero-order valence-corrected chi connectivity index (χ0v) is 11.1. The molecule has 0 spiro atoms. The van der Waals surface area contributed by atoms with Crippen molar-refractivity contribution in [3.63, 3.8) is 0 Å². The Morgan fingerprint density at radius 2 is 2.06 bits per heavy atom. The highest BCUT2D eigenvalue weighted by Gasteiger charge is 2.26. The van der Waals surface area contributed by atoms with E-state index in [1.54, 1.807) is 7.11 Å². The molecule has 0 saturated heterocycles. The van der Waals surface area contributed by atoms with E-state index in [1.165, 1.54) is 11.1 Å². The minimum Gasteiger partial charge on any atom is -0.496 e. The summed E-state index contributed by atoms with van der Waals surface area (Å²) in [5.74, 6) is 2.34. The van der Waals surface area contributed by atoms with Crippen LogP contribution in [0.4, 0.5) is 0 Å². The molecule has 0 radical (unpaired) electrons. The molecule has 0 amide bonds. The normalized spacial score (nSPS) is 23.6. The second kappa shape index (κ2) is 5.09. The van der Waals surface area contributed by atoms with E-state index in [9.17, 15) is 0 Å². The van der Waals surface area contributed by atoms with Gasteiger partial charge in [0.25, 0.3) is 0 Å². The number of rotatable bonds is 4. The van der Waals surface area contributed by atoms with Crippen molar-refractivity contribution in [2.45, 2.75) is 45.1 Å². The Kier molecular flexibility index (Phi) is 3.72. The van der Waals surface area contributed by atoms with Gasteiger partial charge in [0.05, 0.1) is 7.11 Å². The molecule has 2 heteroatoms. The molecule has 0 aromatic heterocycles. The summed E-state index contributed by atoms with van der Waals surface area (Å²) in [5.41, 5.74) is 8.50. The summed E-state index contributed by atoms with van der Waals surface area (Å²) in [6.45, 7) is 4.42. The SMILES string of the molecule is COc1cc(C(C)C)ccc1CC1CC(N)C1. The molecule has 17 heavy (non-hydrogen) atoms. The molecule has 1 fully saturated rings. The Morgan fingerprint density at radius 1 is 1.35 bits per heavy atom. The van der Waals surface area contributed by atoms with Crippen LogP contribution in [-0.2, 0) is 6.42 Å². The van der Waals surface area contributed by atoms with Crippen molar-refractivity contribution >= 4 is 0 Å². The molecule has 0 bridgehead atoms. The van der Waals surface area contributed by atoms with Crippen molar-refractivity contribution in [2.24, 2.45) is 11.7 Å². The smallest absolute Gasteiger partial charge is 0.122 e. The highest BCUT2D eigenvalue weighted by Crippen LogP contribution is 2.33. The molecule has 1 aromatic rings. The summed E-state index contributed by atoms with van der Waals surface area (Å²) in [6.07, 6.45) is 3.43. The highest BCUT2D eigenvalue weighted by molar-refractivity contribution is 5.39. The largest absolute Gasteiger partial charge is 0.496 e. The average molecular weight is 233 g/mol. The van der Waals surface area contributed by atoms with Gasteiger partial charge in [-0.3, -0.25) is 0 Å². The van der Waals surface area contributed by atoms with Crippen LogP contribution in [0.2, 0.25) is 0 Å². The zero-order valence-electron chi connectivity index (χ0n) is 11.1. The summed E-state index contributed by atoms with van der Waals surface area (Å²) < 4.78 is 5.50. The van der Waals surface area contributed by atoms with Crippen molar-refractivity contribution in [3.8, 4) is 5.75 Å². The van der Waals surface area contributed by atoms with Crippen molar-refractivity contribution in [3.05, 3.63) is 29.3 Å². The average Bonchev–Trinajstić information content (AvgIpc) is 2.27. The van der Waals surface area contributed by atoms with Crippen molar-refractivity contribution in [2.75, 3.05) is 7.11 Å². The first-order valence-electron chi connectivity index (χ1n) is 6.52. The third kappa shape index (κ3) is 2.81. The van der Waals surface area contributed by atoms with E-state index in [-0.39, 0.29) is 0 Å². The minimum atomic E-state index is 0.431. The Balaban J connectivity index is 2.11. The van der Waals surface area contributed by atoms with Crippen LogP contribution in [0.1, 0.15) is 43.7 Å². The van der Waals surface area contributed by atoms with E-state index < -0.39 is 0 Å². The molecule has 2 rings (SSSR count). The van der Waals surface area contributed by atoms with Gasteiger partial charge < -0.3 is 10.5 Å². The maximum Gasteiger partial charge on any atom is 0.122 e. The van der Waals surface area contributed by atoms with E-state index in [4.69, 9.17) is 10.5 Å². The van der Waals surface area contributed by atoms with Crippen molar-refractivity contribution < 1.29 is 4.74 Å². The van der Waals surface area contributed by atoms with Gasteiger partial charge >= 0.3 is 0 Å². The molecule has 0 aliphatic heterocycles. The predicted molar refractivity (Wildman–Crippen MR) is 71.5 cm³/mol. The molecule has 0 heterocycles. The lowest BCUT2D eigenvalue weighted by molar-refractivity contribution is 0.261. The molecule has 94 valence electrons. The molecule has 1 saturated carbocycles. The first-order valence-corrected chi connectivity index (χ1v) is 6.52. The number of methoxy groups -OCH3 is 1. The Hall–Kier alpha value is -1.02. The Labute approximate surface area is 104 Å². The molecule has 1 aliphatic carbocycles. The molecular weight excluding hydrogens is 210 g/mol. The van der Waals surface area contributed by atoms with Crippen molar-refractivity contribution in [1.82, 2.24) is 0 Å². The van der Waals surface area contributed by atoms with Gasteiger partial charge in [-0.25, -0.2) is 0 Å². The number of hydrogen-bond donors (Lipinski definition) is 1. The van der Waals surface area contributed by atoms with Crippen LogP contribution in [0.5, 0.6) is 5.75 Å². The number of benzene rings is 1. The lowest BCUT2D eigenvalue weighted by Gasteiger charge is -2.32. The number of hydrogen-bond acceptors (Lipinski definition) is 2. The molecule has 0 atom stereocenters. The van der Waals surface area contributed by atoms with Crippen LogP contribution in [0.3, 0.4) is 0 Å². The molecule has 2 N–H and O–H groups in total. The monoisotopic (exact) mass is 233 g/mol. The lowest BCUT2D eigenvalue weighted by Crippen LogP contribution is -2.37. The molecule has 1 aromatic carbocycles. The van der Waals surface area contributed by atoms with Gasteiger partial charge in [0.1, 0.15) is 5.75 Å². The Morgan fingerprint density at radius 3 is 2.59 bits per heavy atom. The lowest BCUT2D eigenvalue weighted by atomic mass is 9.77. The standard InChI is InChI=1S/C15H23NO/c1-10(2)12-4-5-13(15(9-12)17-3)6-11-7-14(16)8-11/h4-5,9-11,14H,6-8,16H2,1-3H3. The van der Waals surface area contributed by atoms with Gasteiger partial charge in [0, 0.05) is 6.04 Å². The quantitative estimate of drug-likeness (QED) is 0.867. The Bertz CT molecular complexity index is 381. The van der Waals surface area contributed by atoms with Gasteiger partial charge in [0.2, 0.25) is 0 Å². The highest BCUT2D eigenvalue weighted by atomic mass is 16.5. The summed E-state index contributed by atoms with van der Waals surface area (Å²) in [7, 11) is 1.76. The summed E-state index contributed by atoms with van der Waals surface area (Å²) in [6, 6.07) is 7.05. The van der Waals surface area contributed by atoms with Crippen LogP contribution in [0.15, 0.2) is 18.2 Å². The van der Waals surface area contributed by atoms with Crippen LogP contribution < -0.4 is 10.5 Å². The summed E-state index contributed by atoms with van der Waals surface area (Å²) in [5, 5.41) is 0. The van der Waals surface area contributed by atoms with Gasteiger partial charge in [-0.1, -0.05) is 26.0 Å². The summed E-state index contributed by atoms with van der Waals surface area (Å²) in [4.78, 5) is 0. The third-order valence-corrected chi connectivity index (χ3v) is 3.76. The van der Waals surface area contributed by atoms with Crippen LogP contribution in [0, 0.1) is 5.92 Å². The fourth-order valence-corrected chi connectivity index (χ4v) is 2.55. The van der Waals surface area contributed by atoms with Crippen LogP contribution in [0.25, 0.3) is 0 Å². The second-order valence-electron chi connectivity index (χ2n) is 5.53. The van der Waals surface area contributed by atoms with Crippen LogP contribution in [-0.4, -0.2) is 13.2 Å². The maximum atomic E-state index is 5.83. The molecule has 1 aliphatic rings. The van der Waals surface area contributed by atoms with Gasteiger partial charge in [-0.05, 0) is 48.3 Å². The third-order valence-electron chi connectivity index (χ3n) is 3.76. The first kappa shape index (κ1) is 12.4. The van der Waals surface area contributed by atoms with E-state index in [0.29, 0.717) is 12.0 Å². The predicted octanol–water partition coefficient (Wildman–Crippen LogP) is 3.10. The first-order chi connectivity index (χ1) is 8.10. The molecule has 0 unspecified atom stereocenters. The van der Waals surface area contributed by atoms with E-state index in [2.05, 4.69) is 32.0 Å². The number of ether oxygens (including phenoxy) is 1. The fourth-order valence-electron chi connectivity index (χ4n) is 2.55. The van der Waals surface area contributed by atoms with Gasteiger partial charge in [0.15, 0.2) is 0 Å².